The molecule has 36 heavy (non-hydrogen) atoms. The Kier molecular flexibility index (Phi) is 6.61. The monoisotopic (exact) mass is 492 g/mol. The summed E-state index contributed by atoms with van der Waals surface area (Å²) in [5, 5.41) is 27.5. The Hall–Kier alpha value is -3.90. The molecule has 0 unspecified atom stereocenters. The second-order valence-corrected chi connectivity index (χ2v) is 9.47. The van der Waals surface area contributed by atoms with E-state index in [-0.39, 0.29) is 5.69 Å². The number of nitrogens with zero attached hydrogens (tertiary/aromatic N) is 7. The highest BCUT2D eigenvalue weighted by atomic mass is 16.6. The van der Waals surface area contributed by atoms with E-state index in [4.69, 9.17) is 5.73 Å². The second-order valence-electron chi connectivity index (χ2n) is 9.47. The van der Waals surface area contributed by atoms with E-state index in [1.165, 1.54) is 12.1 Å². The number of fused-ring (bicyclic) bond motifs is 2. The van der Waals surface area contributed by atoms with Crippen LogP contribution in [0.3, 0.4) is 0 Å². The molecule has 0 atom stereocenters. The van der Waals surface area contributed by atoms with Crippen molar-refractivity contribution in [2.45, 2.75) is 0 Å². The first-order valence-electron chi connectivity index (χ1n) is 12.1. The third-order valence-electron chi connectivity index (χ3n) is 6.91. The first-order chi connectivity index (χ1) is 17.4. The number of hydrogen-bond donors (Lipinski definition) is 3. The fourth-order valence-corrected chi connectivity index (χ4v) is 4.65. The quantitative estimate of drug-likeness (QED) is 0.223. The first kappa shape index (κ1) is 23.8. The van der Waals surface area contributed by atoms with Crippen LogP contribution in [0.5, 0.6) is 0 Å². The topological polar surface area (TPSA) is 139 Å². The van der Waals surface area contributed by atoms with Crippen LogP contribution < -0.4 is 15.5 Å². The number of nitro groups is 1. The number of nitrogens with two attached hydrogens (primary N) is 1. The normalized spacial score (nSPS) is 17.4. The highest BCUT2D eigenvalue weighted by Gasteiger charge is 2.20. The van der Waals surface area contributed by atoms with Crippen molar-refractivity contribution in [2.75, 3.05) is 82.0 Å². The van der Waals surface area contributed by atoms with Gasteiger partial charge < -0.3 is 25.3 Å². The molecule has 0 saturated carbocycles. The number of rotatable bonds is 3. The molecule has 12 nitrogen and oxygen atoms in total. The molecule has 4 heterocycles. The van der Waals surface area contributed by atoms with Crippen molar-refractivity contribution in [2.24, 2.45) is 0 Å². The summed E-state index contributed by atoms with van der Waals surface area (Å²) in [6.07, 6.45) is 0. The molecule has 2 aromatic carbocycles. The van der Waals surface area contributed by atoms with Crippen molar-refractivity contribution in [3.05, 3.63) is 46.5 Å². The van der Waals surface area contributed by atoms with Gasteiger partial charge in [-0.2, -0.15) is 10.2 Å². The number of aromatic nitrogens is 4. The van der Waals surface area contributed by atoms with E-state index in [1.807, 2.05) is 18.2 Å². The second kappa shape index (κ2) is 9.99. The minimum Gasteiger partial charge on any atom is -0.399 e. The van der Waals surface area contributed by atoms with Gasteiger partial charge in [0.1, 0.15) is 0 Å². The van der Waals surface area contributed by atoms with Crippen LogP contribution in [-0.4, -0.2) is 102 Å². The summed E-state index contributed by atoms with van der Waals surface area (Å²) >= 11 is 0. The molecule has 2 aromatic heterocycles. The lowest BCUT2D eigenvalue weighted by Gasteiger charge is -2.32. The zero-order valence-electron chi connectivity index (χ0n) is 20.6. The minimum atomic E-state index is -0.393. The van der Waals surface area contributed by atoms with E-state index in [0.29, 0.717) is 5.52 Å². The summed E-state index contributed by atoms with van der Waals surface area (Å²) in [6, 6.07) is 10.7. The molecular formula is C24H32N10O2. The molecule has 2 aliphatic rings. The number of non-ortho nitro benzene ring substituents is 1. The van der Waals surface area contributed by atoms with Crippen LogP contribution in [0, 0.1) is 10.1 Å². The summed E-state index contributed by atoms with van der Waals surface area (Å²) in [5.74, 6) is 1.94. The van der Waals surface area contributed by atoms with Gasteiger partial charge in [0.25, 0.3) is 5.69 Å². The SMILES string of the molecule is CN1CCN(c2n[nH]c3cc(N)ccc23)CC1.CN1CCN(c2n[nH]c3cc([N+](=O)[O-])ccc23)CC1. The van der Waals surface area contributed by atoms with Gasteiger partial charge in [-0.25, -0.2) is 0 Å². The Labute approximate surface area is 208 Å². The highest BCUT2D eigenvalue weighted by molar-refractivity contribution is 5.92. The maximum Gasteiger partial charge on any atom is 0.271 e. The molecule has 0 aliphatic carbocycles. The summed E-state index contributed by atoms with van der Waals surface area (Å²) in [5.41, 5.74) is 8.34. The Morgan fingerprint density at radius 2 is 1.25 bits per heavy atom. The van der Waals surface area contributed by atoms with Crippen molar-refractivity contribution >= 4 is 44.8 Å². The van der Waals surface area contributed by atoms with Crippen LogP contribution in [0.2, 0.25) is 0 Å². The van der Waals surface area contributed by atoms with Gasteiger partial charge in [-0.1, -0.05) is 0 Å². The molecule has 2 saturated heterocycles. The van der Waals surface area contributed by atoms with Crippen molar-refractivity contribution in [1.29, 1.82) is 0 Å². The maximum absolute atomic E-state index is 10.7. The fraction of sp³-hybridized carbons (Fsp3) is 0.417. The predicted molar refractivity (Wildman–Crippen MR) is 143 cm³/mol. The Balaban J connectivity index is 0.000000149. The van der Waals surface area contributed by atoms with Crippen molar-refractivity contribution in [3.8, 4) is 0 Å². The molecule has 4 N–H and O–H groups in total. The van der Waals surface area contributed by atoms with Crippen molar-refractivity contribution in [1.82, 2.24) is 30.2 Å². The standard InChI is InChI=1S/C12H15N5O2.C12H17N5/c1-15-4-6-16(7-5-15)12-10-3-2-9(17(18)19)8-11(10)13-14-12;1-16-4-6-17(7-5-16)12-10-3-2-9(13)8-11(10)14-15-12/h2-3,8H,4-7H2,1H3,(H,13,14);2-3,8H,4-7,13H2,1H3,(H,14,15). The molecule has 0 amide bonds. The van der Waals surface area contributed by atoms with Crippen molar-refractivity contribution < 1.29 is 4.92 Å². The van der Waals surface area contributed by atoms with Crippen LogP contribution in [0.25, 0.3) is 21.8 Å². The molecule has 190 valence electrons. The molecule has 6 rings (SSSR count). The van der Waals surface area contributed by atoms with Crippen LogP contribution in [0.4, 0.5) is 23.0 Å². The molecule has 0 radical (unpaired) electrons. The third-order valence-corrected chi connectivity index (χ3v) is 6.91. The van der Waals surface area contributed by atoms with E-state index in [1.54, 1.807) is 6.07 Å². The number of nitrogens with one attached hydrogen (secondary N) is 2. The van der Waals surface area contributed by atoms with E-state index < -0.39 is 4.92 Å². The van der Waals surface area contributed by atoms with Gasteiger partial charge in [-0.15, -0.1) is 0 Å². The lowest BCUT2D eigenvalue weighted by atomic mass is 10.2. The van der Waals surface area contributed by atoms with Gasteiger partial charge in [-0.05, 0) is 38.4 Å². The van der Waals surface area contributed by atoms with Gasteiger partial charge >= 0.3 is 0 Å². The van der Waals surface area contributed by atoms with E-state index in [0.717, 1.165) is 86.0 Å². The van der Waals surface area contributed by atoms with E-state index >= 15 is 0 Å². The summed E-state index contributed by atoms with van der Waals surface area (Å²) in [4.78, 5) is 19.5. The number of benzene rings is 2. The summed E-state index contributed by atoms with van der Waals surface area (Å²) in [6.45, 7) is 8.08. The average molecular weight is 493 g/mol. The maximum atomic E-state index is 10.7. The number of nitro benzene ring substituents is 1. The molecule has 4 aromatic rings. The van der Waals surface area contributed by atoms with Gasteiger partial charge in [0.15, 0.2) is 11.6 Å². The Bertz CT molecular complexity index is 1350. The molecule has 2 aliphatic heterocycles. The van der Waals surface area contributed by atoms with Crippen LogP contribution in [0.1, 0.15) is 0 Å². The Morgan fingerprint density at radius 3 is 1.75 bits per heavy atom. The lowest BCUT2D eigenvalue weighted by Crippen LogP contribution is -2.44. The predicted octanol–water partition coefficient (Wildman–Crippen LogP) is 2.12. The van der Waals surface area contributed by atoms with Gasteiger partial charge in [0, 0.05) is 81.0 Å². The molecule has 0 spiro atoms. The number of aromatic amines is 2. The van der Waals surface area contributed by atoms with Gasteiger partial charge in [-0.3, -0.25) is 20.3 Å². The van der Waals surface area contributed by atoms with E-state index in [9.17, 15) is 10.1 Å². The number of anilines is 3. The van der Waals surface area contributed by atoms with Gasteiger partial charge in [0.2, 0.25) is 0 Å². The number of hydrogen-bond acceptors (Lipinski definition) is 9. The van der Waals surface area contributed by atoms with Crippen LogP contribution in [-0.2, 0) is 0 Å². The summed E-state index contributed by atoms with van der Waals surface area (Å²) in [7, 11) is 4.25. The van der Waals surface area contributed by atoms with Crippen molar-refractivity contribution in [3.63, 3.8) is 0 Å². The largest absolute Gasteiger partial charge is 0.399 e. The number of nitrogen functional groups attached to an aromatic ring is 1. The molecule has 12 heteroatoms. The average Bonchev–Trinajstić information content (AvgIpc) is 3.49. The van der Waals surface area contributed by atoms with E-state index in [2.05, 4.69) is 54.1 Å². The fourth-order valence-electron chi connectivity index (χ4n) is 4.65. The zero-order valence-corrected chi connectivity index (χ0v) is 20.6. The minimum absolute atomic E-state index is 0.0843. The number of H-pyrrole nitrogens is 2. The molecule has 2 fully saturated rings. The lowest BCUT2D eigenvalue weighted by molar-refractivity contribution is -0.384. The molecular weight excluding hydrogens is 460 g/mol. The smallest absolute Gasteiger partial charge is 0.271 e. The van der Waals surface area contributed by atoms with Crippen LogP contribution >= 0.6 is 0 Å². The first-order valence-corrected chi connectivity index (χ1v) is 12.1. The summed E-state index contributed by atoms with van der Waals surface area (Å²) < 4.78 is 0. The highest BCUT2D eigenvalue weighted by Crippen LogP contribution is 2.28. The van der Waals surface area contributed by atoms with Gasteiger partial charge in [0.05, 0.1) is 16.0 Å². The number of likely N-dealkylation sites (N-methyl/N-ethyl adjacent to an activating group) is 2. The molecule has 0 bridgehead atoms. The zero-order chi connectivity index (χ0) is 25.2. The van der Waals surface area contributed by atoms with Crippen LogP contribution in [0.15, 0.2) is 36.4 Å². The third kappa shape index (κ3) is 4.90. The number of piperazine rings is 2. The Morgan fingerprint density at radius 1 is 0.778 bits per heavy atom.